The lowest BCUT2D eigenvalue weighted by Gasteiger charge is -2.14. The number of halogens is 1. The minimum absolute atomic E-state index is 0. The largest absolute Gasteiger partial charge is 0.490 e. The number of guanidine groups is 1. The first-order valence-electron chi connectivity index (χ1n) is 8.40. The van der Waals surface area contributed by atoms with Gasteiger partial charge < -0.3 is 20.1 Å². The van der Waals surface area contributed by atoms with Crippen molar-refractivity contribution in [2.75, 3.05) is 45.4 Å². The first-order valence-corrected chi connectivity index (χ1v) is 10.5. The zero-order chi connectivity index (χ0) is 18.7. The monoisotopic (exact) mass is 499 g/mol. The topological polar surface area (TPSA) is 89.0 Å². The van der Waals surface area contributed by atoms with Gasteiger partial charge in [-0.2, -0.15) is 0 Å². The first-order chi connectivity index (χ1) is 11.9. The second-order valence-corrected chi connectivity index (χ2v) is 7.71. The molecule has 0 bridgehead atoms. The van der Waals surface area contributed by atoms with Crippen molar-refractivity contribution in [3.8, 4) is 11.5 Å². The Morgan fingerprint density at radius 3 is 2.27 bits per heavy atom. The van der Waals surface area contributed by atoms with E-state index in [2.05, 4.69) is 15.6 Å². The van der Waals surface area contributed by atoms with Gasteiger partial charge in [-0.15, -0.1) is 24.0 Å². The standard InChI is InChI=1S/C17H29N3O4S.HI/c1-5-23-15-8-7-14(13-16(15)24-6-2)9-10-19-17(18-3)20-11-12-25(4,21)22;/h7-8,13H,5-6,9-12H2,1-4H3,(H2,18,19,20);1H. The third-order valence-corrected chi connectivity index (χ3v) is 4.25. The summed E-state index contributed by atoms with van der Waals surface area (Å²) >= 11 is 0. The lowest BCUT2D eigenvalue weighted by molar-refractivity contribution is 0.287. The van der Waals surface area contributed by atoms with E-state index in [4.69, 9.17) is 9.47 Å². The molecule has 0 spiro atoms. The zero-order valence-corrected chi connectivity index (χ0v) is 19.0. The maximum absolute atomic E-state index is 11.1. The number of aliphatic imine (C=N–C) groups is 1. The molecule has 1 rings (SSSR count). The molecular formula is C17H30IN3O4S. The minimum Gasteiger partial charge on any atom is -0.490 e. The van der Waals surface area contributed by atoms with Gasteiger partial charge in [-0.05, 0) is 38.0 Å². The quantitative estimate of drug-likeness (QED) is 0.290. The molecule has 9 heteroatoms. The van der Waals surface area contributed by atoms with E-state index in [0.717, 1.165) is 23.5 Å². The highest BCUT2D eigenvalue weighted by Crippen LogP contribution is 2.28. The molecule has 0 aromatic heterocycles. The predicted molar refractivity (Wildman–Crippen MR) is 117 cm³/mol. The number of benzene rings is 1. The summed E-state index contributed by atoms with van der Waals surface area (Å²) in [6, 6.07) is 5.91. The Morgan fingerprint density at radius 1 is 1.08 bits per heavy atom. The Labute approximate surface area is 173 Å². The maximum atomic E-state index is 11.1. The van der Waals surface area contributed by atoms with Crippen molar-refractivity contribution in [3.63, 3.8) is 0 Å². The molecule has 0 aliphatic heterocycles. The average Bonchev–Trinajstić information content (AvgIpc) is 2.55. The maximum Gasteiger partial charge on any atom is 0.191 e. The van der Waals surface area contributed by atoms with Crippen LogP contribution in [0.3, 0.4) is 0 Å². The fourth-order valence-corrected chi connectivity index (χ4v) is 2.62. The third-order valence-electron chi connectivity index (χ3n) is 3.30. The summed E-state index contributed by atoms with van der Waals surface area (Å²) in [6.45, 7) is 6.05. The van der Waals surface area contributed by atoms with Crippen LogP contribution in [0.5, 0.6) is 11.5 Å². The fraction of sp³-hybridized carbons (Fsp3) is 0.588. The highest BCUT2D eigenvalue weighted by Gasteiger charge is 2.07. The van der Waals surface area contributed by atoms with Gasteiger partial charge in [-0.3, -0.25) is 4.99 Å². The van der Waals surface area contributed by atoms with Crippen LogP contribution in [-0.4, -0.2) is 59.7 Å². The molecule has 1 aromatic rings. The van der Waals surface area contributed by atoms with Crippen LogP contribution < -0.4 is 20.1 Å². The van der Waals surface area contributed by atoms with Gasteiger partial charge in [0.1, 0.15) is 9.84 Å². The average molecular weight is 499 g/mol. The Morgan fingerprint density at radius 2 is 1.69 bits per heavy atom. The van der Waals surface area contributed by atoms with E-state index in [0.29, 0.717) is 32.3 Å². The number of nitrogens with zero attached hydrogens (tertiary/aromatic N) is 1. The van der Waals surface area contributed by atoms with Gasteiger partial charge in [-0.1, -0.05) is 6.07 Å². The van der Waals surface area contributed by atoms with Gasteiger partial charge >= 0.3 is 0 Å². The fourth-order valence-electron chi connectivity index (χ4n) is 2.15. The molecule has 0 saturated carbocycles. The van der Waals surface area contributed by atoms with Crippen molar-refractivity contribution in [2.45, 2.75) is 20.3 Å². The molecule has 150 valence electrons. The molecule has 0 radical (unpaired) electrons. The Hall–Kier alpha value is -1.23. The number of rotatable bonds is 10. The number of sulfone groups is 1. The molecule has 0 atom stereocenters. The SMILES string of the molecule is CCOc1ccc(CCNC(=NC)NCCS(C)(=O)=O)cc1OCC.I. The molecule has 2 N–H and O–H groups in total. The highest BCUT2D eigenvalue weighted by molar-refractivity contribution is 14.0. The van der Waals surface area contributed by atoms with Crippen LogP contribution >= 0.6 is 24.0 Å². The van der Waals surface area contributed by atoms with Gasteiger partial charge in [-0.25, -0.2) is 8.42 Å². The van der Waals surface area contributed by atoms with Gasteiger partial charge in [0.25, 0.3) is 0 Å². The normalized spacial score (nSPS) is 11.5. The Kier molecular flexibility index (Phi) is 12.4. The summed E-state index contributed by atoms with van der Waals surface area (Å²) in [4.78, 5) is 4.08. The zero-order valence-electron chi connectivity index (χ0n) is 15.9. The number of nitrogens with one attached hydrogen (secondary N) is 2. The van der Waals surface area contributed by atoms with Crippen LogP contribution in [0.4, 0.5) is 0 Å². The van der Waals surface area contributed by atoms with E-state index in [-0.39, 0.29) is 29.7 Å². The van der Waals surface area contributed by atoms with Crippen LogP contribution in [0.2, 0.25) is 0 Å². The summed E-state index contributed by atoms with van der Waals surface area (Å²) < 4.78 is 33.5. The third kappa shape index (κ3) is 10.0. The van der Waals surface area contributed by atoms with Crippen LogP contribution in [0.15, 0.2) is 23.2 Å². The van der Waals surface area contributed by atoms with Gasteiger partial charge in [0.2, 0.25) is 0 Å². The predicted octanol–water partition coefficient (Wildman–Crippen LogP) is 1.85. The van der Waals surface area contributed by atoms with Crippen molar-refractivity contribution in [1.29, 1.82) is 0 Å². The van der Waals surface area contributed by atoms with Crippen LogP contribution in [-0.2, 0) is 16.3 Å². The highest BCUT2D eigenvalue weighted by atomic mass is 127. The van der Waals surface area contributed by atoms with Crippen LogP contribution in [0.1, 0.15) is 19.4 Å². The molecule has 0 saturated heterocycles. The van der Waals surface area contributed by atoms with Crippen molar-refractivity contribution in [2.24, 2.45) is 4.99 Å². The number of ether oxygens (including phenoxy) is 2. The lowest BCUT2D eigenvalue weighted by Crippen LogP contribution is -2.40. The molecule has 1 aromatic carbocycles. The van der Waals surface area contributed by atoms with E-state index in [1.54, 1.807) is 7.05 Å². The lowest BCUT2D eigenvalue weighted by atomic mass is 10.1. The molecule has 0 aliphatic rings. The molecule has 0 unspecified atom stereocenters. The summed E-state index contributed by atoms with van der Waals surface area (Å²) in [5.41, 5.74) is 1.12. The van der Waals surface area contributed by atoms with E-state index in [1.165, 1.54) is 6.26 Å². The van der Waals surface area contributed by atoms with Crippen molar-refractivity contribution in [1.82, 2.24) is 10.6 Å². The summed E-state index contributed by atoms with van der Waals surface area (Å²) in [5, 5.41) is 6.15. The van der Waals surface area contributed by atoms with Crippen molar-refractivity contribution < 1.29 is 17.9 Å². The van der Waals surface area contributed by atoms with Crippen molar-refractivity contribution in [3.05, 3.63) is 23.8 Å². The van der Waals surface area contributed by atoms with E-state index in [9.17, 15) is 8.42 Å². The van der Waals surface area contributed by atoms with Crippen LogP contribution in [0.25, 0.3) is 0 Å². The molecule has 0 heterocycles. The second-order valence-electron chi connectivity index (χ2n) is 5.45. The summed E-state index contributed by atoms with van der Waals surface area (Å²) in [5.74, 6) is 2.15. The van der Waals surface area contributed by atoms with Crippen LogP contribution in [0, 0.1) is 0 Å². The molecule has 26 heavy (non-hydrogen) atoms. The van der Waals surface area contributed by atoms with E-state index in [1.807, 2.05) is 32.0 Å². The van der Waals surface area contributed by atoms with E-state index >= 15 is 0 Å². The summed E-state index contributed by atoms with van der Waals surface area (Å²) in [7, 11) is -1.33. The number of hydrogen-bond acceptors (Lipinski definition) is 5. The van der Waals surface area contributed by atoms with E-state index < -0.39 is 9.84 Å². The molecular weight excluding hydrogens is 469 g/mol. The molecule has 0 aliphatic carbocycles. The van der Waals surface area contributed by atoms with Gasteiger partial charge in [0.15, 0.2) is 17.5 Å². The molecule has 7 nitrogen and oxygen atoms in total. The second kappa shape index (κ2) is 13.0. The molecule has 0 amide bonds. The smallest absolute Gasteiger partial charge is 0.191 e. The Bertz CT molecular complexity index is 666. The minimum atomic E-state index is -2.98. The summed E-state index contributed by atoms with van der Waals surface area (Å²) in [6.07, 6.45) is 1.99. The van der Waals surface area contributed by atoms with Gasteiger partial charge in [0.05, 0.1) is 19.0 Å². The Balaban J connectivity index is 0.00000625. The van der Waals surface area contributed by atoms with Crippen molar-refractivity contribution >= 4 is 39.8 Å². The first kappa shape index (κ1) is 24.8. The van der Waals surface area contributed by atoms with Gasteiger partial charge in [0, 0.05) is 26.4 Å². The molecule has 0 fully saturated rings. The number of hydrogen-bond donors (Lipinski definition) is 2.